The summed E-state index contributed by atoms with van der Waals surface area (Å²) >= 11 is 0. The summed E-state index contributed by atoms with van der Waals surface area (Å²) in [5.74, 6) is 1.58. The summed E-state index contributed by atoms with van der Waals surface area (Å²) in [6.45, 7) is 10.3. The van der Waals surface area contributed by atoms with Crippen molar-refractivity contribution in [1.29, 1.82) is 0 Å². The van der Waals surface area contributed by atoms with Gasteiger partial charge in [0.05, 0.1) is 25.9 Å². The molecular weight excluding hydrogens is 320 g/mol. The fourth-order valence-corrected chi connectivity index (χ4v) is 3.76. The average molecular weight is 348 g/mol. The van der Waals surface area contributed by atoms with Crippen LogP contribution in [0.4, 0.5) is 11.8 Å². The highest BCUT2D eigenvalue weighted by Gasteiger charge is 2.48. The van der Waals surface area contributed by atoms with Gasteiger partial charge in [-0.05, 0) is 26.7 Å². The van der Waals surface area contributed by atoms with Gasteiger partial charge in [0.15, 0.2) is 0 Å². The van der Waals surface area contributed by atoms with Gasteiger partial charge in [-0.25, -0.2) is 0 Å². The number of fused-ring (bicyclic) bond motifs is 1. The van der Waals surface area contributed by atoms with Crippen LogP contribution in [-0.2, 0) is 16.0 Å². The highest BCUT2D eigenvalue weighted by atomic mass is 16.5. The Hall–Kier alpha value is -1.60. The van der Waals surface area contributed by atoms with Gasteiger partial charge in [0.2, 0.25) is 5.95 Å². The minimum absolute atomic E-state index is 0.0623. The van der Waals surface area contributed by atoms with Gasteiger partial charge < -0.3 is 19.3 Å². The summed E-state index contributed by atoms with van der Waals surface area (Å²) in [5, 5.41) is 0. The highest BCUT2D eigenvalue weighted by molar-refractivity contribution is 5.46. The van der Waals surface area contributed by atoms with E-state index in [1.165, 1.54) is 12.8 Å². The zero-order valence-electron chi connectivity index (χ0n) is 15.2. The van der Waals surface area contributed by atoms with E-state index in [4.69, 9.17) is 14.5 Å². The molecule has 1 aromatic rings. The quantitative estimate of drug-likeness (QED) is 0.794. The predicted molar refractivity (Wildman–Crippen MR) is 96.5 cm³/mol. The van der Waals surface area contributed by atoms with E-state index in [1.54, 1.807) is 6.07 Å². The van der Waals surface area contributed by atoms with Crippen LogP contribution in [0.25, 0.3) is 0 Å². The molecule has 4 rings (SSSR count). The van der Waals surface area contributed by atoms with Gasteiger partial charge in [-0.1, -0.05) is 0 Å². The summed E-state index contributed by atoms with van der Waals surface area (Å²) in [7, 11) is 0. The van der Waals surface area contributed by atoms with E-state index in [0.29, 0.717) is 19.8 Å². The van der Waals surface area contributed by atoms with Gasteiger partial charge in [-0.15, -0.1) is 0 Å². The van der Waals surface area contributed by atoms with E-state index in [1.807, 2.05) is 18.4 Å². The molecule has 0 bridgehead atoms. The van der Waals surface area contributed by atoms with Crippen molar-refractivity contribution in [2.75, 3.05) is 55.8 Å². The summed E-state index contributed by atoms with van der Waals surface area (Å²) in [6.07, 6.45) is 2.62. The molecule has 1 aromatic heterocycles. The molecule has 2 aliphatic heterocycles. The molecule has 25 heavy (non-hydrogen) atoms. The van der Waals surface area contributed by atoms with E-state index in [9.17, 15) is 4.79 Å². The van der Waals surface area contributed by atoms with Crippen molar-refractivity contribution in [3.63, 3.8) is 0 Å². The van der Waals surface area contributed by atoms with Crippen molar-refractivity contribution >= 4 is 11.8 Å². The minimum atomic E-state index is 0.0623. The molecule has 0 unspecified atom stereocenters. The largest absolute Gasteiger partial charge is 0.378 e. The zero-order chi connectivity index (χ0) is 17.4. The minimum Gasteiger partial charge on any atom is -0.378 e. The Morgan fingerprint density at radius 2 is 2.04 bits per heavy atom. The third-order valence-electron chi connectivity index (χ3n) is 5.38. The summed E-state index contributed by atoms with van der Waals surface area (Å²) in [5.41, 5.74) is 0.337. The van der Waals surface area contributed by atoms with Crippen LogP contribution in [0.2, 0.25) is 0 Å². The van der Waals surface area contributed by atoms with Gasteiger partial charge in [0.1, 0.15) is 5.82 Å². The molecule has 7 nitrogen and oxygen atoms in total. The number of nitrogens with zero attached hydrogens (tertiary/aromatic N) is 4. The lowest BCUT2D eigenvalue weighted by molar-refractivity contribution is 0.0827. The molecule has 3 heterocycles. The molecule has 0 N–H and O–H groups in total. The van der Waals surface area contributed by atoms with Crippen molar-refractivity contribution in [3.05, 3.63) is 16.4 Å². The molecule has 3 aliphatic rings. The van der Waals surface area contributed by atoms with Gasteiger partial charge in [-0.3, -0.25) is 9.36 Å². The molecule has 7 heteroatoms. The molecule has 1 spiro atoms. The number of hydrogen-bond donors (Lipinski definition) is 0. The second-order valence-corrected chi connectivity index (χ2v) is 7.78. The van der Waals surface area contributed by atoms with Gasteiger partial charge in [-0.2, -0.15) is 4.98 Å². The predicted octanol–water partition coefficient (Wildman–Crippen LogP) is 1.11. The molecule has 0 atom stereocenters. The fraction of sp³-hybridized carbons (Fsp3) is 0.778. The van der Waals surface area contributed by atoms with Gasteiger partial charge in [0, 0.05) is 44.2 Å². The Kier molecular flexibility index (Phi) is 4.45. The van der Waals surface area contributed by atoms with Crippen molar-refractivity contribution < 1.29 is 9.47 Å². The van der Waals surface area contributed by atoms with E-state index >= 15 is 0 Å². The highest BCUT2D eigenvalue weighted by Crippen LogP contribution is 2.50. The van der Waals surface area contributed by atoms with E-state index < -0.39 is 0 Å². The van der Waals surface area contributed by atoms with Crippen LogP contribution in [0.1, 0.15) is 26.7 Å². The first kappa shape index (κ1) is 16.8. The average Bonchev–Trinajstić information content (AvgIpc) is 3.35. The molecule has 138 valence electrons. The summed E-state index contributed by atoms with van der Waals surface area (Å²) < 4.78 is 13.0. The van der Waals surface area contributed by atoms with Crippen LogP contribution in [0.15, 0.2) is 10.9 Å². The second kappa shape index (κ2) is 6.61. The van der Waals surface area contributed by atoms with Crippen molar-refractivity contribution in [1.82, 2.24) is 9.55 Å². The Labute approximate surface area is 148 Å². The van der Waals surface area contributed by atoms with E-state index in [0.717, 1.165) is 44.5 Å². The third kappa shape index (κ3) is 3.53. The Bertz CT molecular complexity index is 677. The van der Waals surface area contributed by atoms with Crippen molar-refractivity contribution in [3.8, 4) is 0 Å². The maximum Gasteiger partial charge on any atom is 0.257 e. The molecule has 0 amide bonds. The fourth-order valence-electron chi connectivity index (χ4n) is 3.76. The topological polar surface area (TPSA) is 59.8 Å². The Morgan fingerprint density at radius 3 is 2.72 bits per heavy atom. The second-order valence-electron chi connectivity index (χ2n) is 7.78. The monoisotopic (exact) mass is 348 g/mol. The van der Waals surface area contributed by atoms with Gasteiger partial charge >= 0.3 is 0 Å². The lowest BCUT2D eigenvalue weighted by Gasteiger charge is -2.37. The molecule has 1 saturated heterocycles. The van der Waals surface area contributed by atoms with Crippen LogP contribution >= 0.6 is 0 Å². The van der Waals surface area contributed by atoms with Crippen LogP contribution in [-0.4, -0.2) is 61.7 Å². The Balaban J connectivity index is 1.61. The molecular formula is C18H28N4O3. The SMILES string of the molecule is CC(C)OCCN1CC2(CC2)Cn2c1nc(N1CCOCC1)cc2=O. The smallest absolute Gasteiger partial charge is 0.257 e. The number of morpholine rings is 1. The maximum absolute atomic E-state index is 12.8. The summed E-state index contributed by atoms with van der Waals surface area (Å²) in [6, 6.07) is 1.69. The van der Waals surface area contributed by atoms with Gasteiger partial charge in [0.25, 0.3) is 5.56 Å². The van der Waals surface area contributed by atoms with Crippen LogP contribution in [0.5, 0.6) is 0 Å². The van der Waals surface area contributed by atoms with Crippen LogP contribution in [0.3, 0.4) is 0 Å². The molecule has 1 saturated carbocycles. The van der Waals surface area contributed by atoms with E-state index in [-0.39, 0.29) is 17.1 Å². The third-order valence-corrected chi connectivity index (χ3v) is 5.38. The molecule has 0 aromatic carbocycles. The maximum atomic E-state index is 12.8. The number of hydrogen-bond acceptors (Lipinski definition) is 6. The zero-order valence-corrected chi connectivity index (χ0v) is 15.2. The lowest BCUT2D eigenvalue weighted by Crippen LogP contribution is -2.47. The number of rotatable bonds is 5. The van der Waals surface area contributed by atoms with Crippen molar-refractivity contribution in [2.24, 2.45) is 5.41 Å². The summed E-state index contributed by atoms with van der Waals surface area (Å²) in [4.78, 5) is 22.1. The molecule has 2 fully saturated rings. The first-order valence-corrected chi connectivity index (χ1v) is 9.37. The van der Waals surface area contributed by atoms with Crippen LogP contribution in [0, 0.1) is 5.41 Å². The first-order valence-electron chi connectivity index (χ1n) is 9.37. The molecule has 0 radical (unpaired) electrons. The van der Waals surface area contributed by atoms with E-state index in [2.05, 4.69) is 9.80 Å². The number of aromatic nitrogens is 2. The number of anilines is 2. The first-order chi connectivity index (χ1) is 12.1. The Morgan fingerprint density at radius 1 is 1.28 bits per heavy atom. The standard InChI is InChI=1S/C18H28N4O3/c1-14(2)25-10-7-21-12-18(3-4-18)13-22-16(23)11-15(19-17(21)22)20-5-8-24-9-6-20/h11,14H,3-10,12-13H2,1-2H3. The number of ether oxygens (including phenoxy) is 2. The molecule has 1 aliphatic carbocycles. The van der Waals surface area contributed by atoms with Crippen LogP contribution < -0.4 is 15.4 Å². The van der Waals surface area contributed by atoms with Crippen molar-refractivity contribution in [2.45, 2.75) is 39.3 Å². The normalized spacial score (nSPS) is 21.7. The lowest BCUT2D eigenvalue weighted by atomic mass is 10.0.